The fourth-order valence-corrected chi connectivity index (χ4v) is 2.65. The summed E-state index contributed by atoms with van der Waals surface area (Å²) in [6.07, 6.45) is 2.29. The first-order valence-corrected chi connectivity index (χ1v) is 7.99. The van der Waals surface area contributed by atoms with Gasteiger partial charge in [-0.1, -0.05) is 27.7 Å². The Morgan fingerprint density at radius 3 is 2.65 bits per heavy atom. The molecular weight excluding hydrogens is 252 g/mol. The second-order valence-corrected chi connectivity index (χ2v) is 6.75. The van der Waals surface area contributed by atoms with Crippen LogP contribution in [0.4, 0.5) is 0 Å². The fraction of sp³-hybridized carbons (Fsp3) is 0.938. The lowest BCUT2D eigenvalue weighted by Crippen LogP contribution is -2.52. The van der Waals surface area contributed by atoms with Gasteiger partial charge in [0, 0.05) is 12.0 Å². The lowest BCUT2D eigenvalue weighted by Gasteiger charge is -2.37. The van der Waals surface area contributed by atoms with Gasteiger partial charge >= 0.3 is 0 Å². The highest BCUT2D eigenvalue weighted by atomic mass is 16.5. The largest absolute Gasteiger partial charge is 0.380 e. The lowest BCUT2D eigenvalue weighted by atomic mass is 9.74. The molecule has 1 heterocycles. The molecule has 0 aromatic rings. The molecule has 4 nitrogen and oxygen atoms in total. The summed E-state index contributed by atoms with van der Waals surface area (Å²) < 4.78 is 5.49. The summed E-state index contributed by atoms with van der Waals surface area (Å²) in [5.74, 6) is 0.950. The van der Waals surface area contributed by atoms with Crippen molar-refractivity contribution in [2.24, 2.45) is 17.3 Å². The molecule has 1 saturated heterocycles. The highest BCUT2D eigenvalue weighted by Gasteiger charge is 2.38. The Labute approximate surface area is 124 Å². The van der Waals surface area contributed by atoms with Crippen LogP contribution >= 0.6 is 0 Å². The van der Waals surface area contributed by atoms with Crippen LogP contribution in [0.2, 0.25) is 0 Å². The molecule has 0 bridgehead atoms. The molecule has 1 aliphatic heterocycles. The molecule has 2 atom stereocenters. The van der Waals surface area contributed by atoms with Gasteiger partial charge in [0.15, 0.2) is 0 Å². The van der Waals surface area contributed by atoms with E-state index < -0.39 is 0 Å². The van der Waals surface area contributed by atoms with E-state index in [1.54, 1.807) is 0 Å². The van der Waals surface area contributed by atoms with Crippen molar-refractivity contribution in [1.82, 2.24) is 10.6 Å². The lowest BCUT2D eigenvalue weighted by molar-refractivity contribution is -0.134. The van der Waals surface area contributed by atoms with Gasteiger partial charge in [0.1, 0.15) is 0 Å². The number of carbonyl (C=O) groups is 1. The van der Waals surface area contributed by atoms with E-state index in [0.717, 1.165) is 25.9 Å². The van der Waals surface area contributed by atoms with E-state index >= 15 is 0 Å². The van der Waals surface area contributed by atoms with Crippen LogP contribution in [-0.4, -0.2) is 38.3 Å². The van der Waals surface area contributed by atoms with Gasteiger partial charge in [0.05, 0.1) is 12.6 Å². The first-order valence-electron chi connectivity index (χ1n) is 7.99. The summed E-state index contributed by atoms with van der Waals surface area (Å²) in [5, 5.41) is 6.60. The molecule has 0 saturated carbocycles. The molecule has 1 fully saturated rings. The van der Waals surface area contributed by atoms with E-state index in [1.165, 1.54) is 0 Å². The van der Waals surface area contributed by atoms with Crippen LogP contribution in [-0.2, 0) is 9.53 Å². The van der Waals surface area contributed by atoms with Crippen molar-refractivity contribution in [3.63, 3.8) is 0 Å². The molecule has 1 aliphatic rings. The second kappa shape index (κ2) is 7.99. The summed E-state index contributed by atoms with van der Waals surface area (Å²) in [6.45, 7) is 13.7. The van der Waals surface area contributed by atoms with Gasteiger partial charge in [0.2, 0.25) is 5.91 Å². The zero-order valence-corrected chi connectivity index (χ0v) is 13.8. The Kier molecular flexibility index (Phi) is 6.96. The van der Waals surface area contributed by atoms with Crippen molar-refractivity contribution in [3.05, 3.63) is 0 Å². The SMILES string of the molecule is CCOCC(NC(=O)C(C)(C)C1CCCNC1)C(C)C. The maximum Gasteiger partial charge on any atom is 0.226 e. The molecular formula is C16H32N2O2. The van der Waals surface area contributed by atoms with Gasteiger partial charge in [-0.3, -0.25) is 4.79 Å². The minimum Gasteiger partial charge on any atom is -0.380 e. The summed E-state index contributed by atoms with van der Waals surface area (Å²) >= 11 is 0. The molecule has 0 aromatic carbocycles. The van der Waals surface area contributed by atoms with Gasteiger partial charge < -0.3 is 15.4 Å². The highest BCUT2D eigenvalue weighted by molar-refractivity contribution is 5.82. The number of hydrogen-bond donors (Lipinski definition) is 2. The van der Waals surface area contributed by atoms with Crippen molar-refractivity contribution in [3.8, 4) is 0 Å². The smallest absolute Gasteiger partial charge is 0.226 e. The van der Waals surface area contributed by atoms with E-state index in [1.807, 2.05) is 6.92 Å². The standard InChI is InChI=1S/C16H32N2O2/c1-6-20-11-14(12(2)3)18-15(19)16(4,5)13-8-7-9-17-10-13/h12-14,17H,6-11H2,1-5H3,(H,18,19). The third-order valence-corrected chi connectivity index (χ3v) is 4.53. The summed E-state index contributed by atoms with van der Waals surface area (Å²) in [6, 6.07) is 0.0956. The minimum absolute atomic E-state index is 0.0956. The molecule has 1 amide bonds. The third-order valence-electron chi connectivity index (χ3n) is 4.53. The Morgan fingerprint density at radius 2 is 2.15 bits per heavy atom. The van der Waals surface area contributed by atoms with Gasteiger partial charge in [-0.25, -0.2) is 0 Å². The number of piperidine rings is 1. The molecule has 0 radical (unpaired) electrons. The Bertz CT molecular complexity index is 297. The summed E-state index contributed by atoms with van der Waals surface area (Å²) in [4.78, 5) is 12.6. The van der Waals surface area contributed by atoms with Crippen LogP contribution < -0.4 is 10.6 Å². The molecule has 118 valence electrons. The second-order valence-electron chi connectivity index (χ2n) is 6.75. The monoisotopic (exact) mass is 284 g/mol. The molecule has 0 aromatic heterocycles. The van der Waals surface area contributed by atoms with Gasteiger partial charge in [-0.05, 0) is 44.7 Å². The van der Waals surface area contributed by atoms with Gasteiger partial charge in [-0.15, -0.1) is 0 Å². The zero-order chi connectivity index (χ0) is 15.2. The molecule has 20 heavy (non-hydrogen) atoms. The van der Waals surface area contributed by atoms with Crippen molar-refractivity contribution in [2.75, 3.05) is 26.3 Å². The van der Waals surface area contributed by atoms with Crippen molar-refractivity contribution in [1.29, 1.82) is 0 Å². The van der Waals surface area contributed by atoms with Crippen molar-refractivity contribution in [2.45, 2.75) is 53.5 Å². The predicted octanol–water partition coefficient (Wildman–Crippen LogP) is 2.19. The van der Waals surface area contributed by atoms with Gasteiger partial charge in [-0.2, -0.15) is 0 Å². The summed E-state index contributed by atoms with van der Waals surface area (Å²) in [7, 11) is 0. The summed E-state index contributed by atoms with van der Waals surface area (Å²) in [5.41, 5.74) is -0.327. The topological polar surface area (TPSA) is 50.4 Å². The third kappa shape index (κ3) is 4.74. The average Bonchev–Trinajstić information content (AvgIpc) is 2.43. The van der Waals surface area contributed by atoms with E-state index in [9.17, 15) is 4.79 Å². The van der Waals surface area contributed by atoms with Crippen LogP contribution in [0.15, 0.2) is 0 Å². The first kappa shape index (κ1) is 17.4. The number of rotatable bonds is 7. The molecule has 1 rings (SSSR count). The first-order chi connectivity index (χ1) is 9.39. The van der Waals surface area contributed by atoms with Crippen LogP contribution in [0.1, 0.15) is 47.5 Å². The normalized spacial score (nSPS) is 21.8. The van der Waals surface area contributed by atoms with Crippen LogP contribution in [0.5, 0.6) is 0 Å². The Morgan fingerprint density at radius 1 is 1.45 bits per heavy atom. The van der Waals surface area contributed by atoms with Crippen molar-refractivity contribution >= 4 is 5.91 Å². The van der Waals surface area contributed by atoms with Crippen LogP contribution in [0.3, 0.4) is 0 Å². The predicted molar refractivity (Wildman–Crippen MR) is 82.6 cm³/mol. The quantitative estimate of drug-likeness (QED) is 0.753. The highest BCUT2D eigenvalue weighted by Crippen LogP contribution is 2.32. The van der Waals surface area contributed by atoms with Crippen LogP contribution in [0, 0.1) is 17.3 Å². The van der Waals surface area contributed by atoms with E-state index in [4.69, 9.17) is 4.74 Å². The number of ether oxygens (including phenoxy) is 1. The van der Waals surface area contributed by atoms with E-state index in [2.05, 4.69) is 38.3 Å². The maximum absolute atomic E-state index is 12.6. The molecule has 0 aliphatic carbocycles. The van der Waals surface area contributed by atoms with E-state index in [0.29, 0.717) is 25.0 Å². The number of nitrogens with one attached hydrogen (secondary N) is 2. The van der Waals surface area contributed by atoms with E-state index in [-0.39, 0.29) is 17.4 Å². The maximum atomic E-state index is 12.6. The van der Waals surface area contributed by atoms with Gasteiger partial charge in [0.25, 0.3) is 0 Å². The average molecular weight is 284 g/mol. The molecule has 2 unspecified atom stereocenters. The van der Waals surface area contributed by atoms with Crippen molar-refractivity contribution < 1.29 is 9.53 Å². The number of carbonyl (C=O) groups excluding carboxylic acids is 1. The number of amides is 1. The molecule has 2 N–H and O–H groups in total. The van der Waals surface area contributed by atoms with Crippen LogP contribution in [0.25, 0.3) is 0 Å². The fourth-order valence-electron chi connectivity index (χ4n) is 2.65. The Hall–Kier alpha value is -0.610. The minimum atomic E-state index is -0.327. The Balaban J connectivity index is 2.61. The molecule has 0 spiro atoms. The molecule has 4 heteroatoms. The number of hydrogen-bond acceptors (Lipinski definition) is 3. The zero-order valence-electron chi connectivity index (χ0n) is 13.8.